The molecular weight excluding hydrogens is 354 g/mol. The summed E-state index contributed by atoms with van der Waals surface area (Å²) >= 11 is 0. The van der Waals surface area contributed by atoms with Gasteiger partial charge >= 0.3 is 0 Å². The first kappa shape index (κ1) is 20.1. The third kappa shape index (κ3) is 3.66. The molecule has 1 heterocycles. The third-order valence-electron chi connectivity index (χ3n) is 5.12. The number of benzene rings is 2. The van der Waals surface area contributed by atoms with Gasteiger partial charge in [0.15, 0.2) is 0 Å². The van der Waals surface area contributed by atoms with Crippen LogP contribution in [0.15, 0.2) is 29.3 Å². The number of methoxy groups -OCH3 is 3. The molecule has 0 aromatic heterocycles. The molecule has 0 unspecified atom stereocenters. The van der Waals surface area contributed by atoms with Gasteiger partial charge in [-0.3, -0.25) is 0 Å². The van der Waals surface area contributed by atoms with Crippen LogP contribution in [0.25, 0.3) is 11.1 Å². The number of aryl methyl sites for hydroxylation is 2. The van der Waals surface area contributed by atoms with Crippen molar-refractivity contribution in [2.75, 3.05) is 27.9 Å². The van der Waals surface area contributed by atoms with Crippen molar-refractivity contribution in [3.63, 3.8) is 0 Å². The molecule has 0 aliphatic carbocycles. The van der Waals surface area contributed by atoms with Crippen molar-refractivity contribution in [2.24, 2.45) is 10.9 Å². The molecule has 3 rings (SSSR count). The van der Waals surface area contributed by atoms with E-state index in [9.17, 15) is 0 Å². The summed E-state index contributed by atoms with van der Waals surface area (Å²) in [5.74, 6) is 3.32. The van der Waals surface area contributed by atoms with Gasteiger partial charge in [-0.1, -0.05) is 13.8 Å². The second kappa shape index (κ2) is 8.13. The van der Waals surface area contributed by atoms with Crippen molar-refractivity contribution in [1.82, 2.24) is 0 Å². The number of hydrogen-bond donors (Lipinski definition) is 0. The average molecular weight is 383 g/mol. The first-order valence-electron chi connectivity index (χ1n) is 9.52. The lowest BCUT2D eigenvalue weighted by atomic mass is 9.92. The van der Waals surface area contributed by atoms with Crippen LogP contribution in [0.5, 0.6) is 17.2 Å². The van der Waals surface area contributed by atoms with Crippen molar-refractivity contribution in [2.45, 2.75) is 33.7 Å². The predicted molar refractivity (Wildman–Crippen MR) is 112 cm³/mol. The first-order valence-corrected chi connectivity index (χ1v) is 9.52. The Balaban J connectivity index is 2.29. The van der Waals surface area contributed by atoms with Gasteiger partial charge in [0.2, 0.25) is 5.90 Å². The van der Waals surface area contributed by atoms with Gasteiger partial charge in [-0.05, 0) is 49.1 Å². The molecule has 1 atom stereocenters. The summed E-state index contributed by atoms with van der Waals surface area (Å²) < 4.78 is 22.9. The smallest absolute Gasteiger partial charge is 0.217 e. The molecule has 150 valence electrons. The highest BCUT2D eigenvalue weighted by Gasteiger charge is 2.28. The van der Waals surface area contributed by atoms with Crippen molar-refractivity contribution in [3.8, 4) is 28.4 Å². The molecule has 5 heteroatoms. The van der Waals surface area contributed by atoms with Gasteiger partial charge in [-0.15, -0.1) is 0 Å². The van der Waals surface area contributed by atoms with Crippen molar-refractivity contribution in [3.05, 3.63) is 41.0 Å². The fourth-order valence-corrected chi connectivity index (χ4v) is 3.54. The summed E-state index contributed by atoms with van der Waals surface area (Å²) in [6.07, 6.45) is 0. The topological polar surface area (TPSA) is 49.3 Å². The van der Waals surface area contributed by atoms with Gasteiger partial charge in [0, 0.05) is 22.8 Å². The summed E-state index contributed by atoms with van der Waals surface area (Å²) in [5.41, 5.74) is 4.91. The van der Waals surface area contributed by atoms with E-state index in [0.717, 1.165) is 45.1 Å². The highest BCUT2D eigenvalue weighted by molar-refractivity contribution is 6.04. The zero-order valence-electron chi connectivity index (χ0n) is 17.8. The molecule has 0 amide bonds. The summed E-state index contributed by atoms with van der Waals surface area (Å²) in [5, 5.41) is 0. The monoisotopic (exact) mass is 383 g/mol. The maximum absolute atomic E-state index is 6.02. The lowest BCUT2D eigenvalue weighted by Gasteiger charge is -2.20. The average Bonchev–Trinajstić information content (AvgIpc) is 3.17. The Morgan fingerprint density at radius 1 is 0.929 bits per heavy atom. The normalized spacial score (nSPS) is 16.0. The molecule has 28 heavy (non-hydrogen) atoms. The molecule has 0 saturated carbocycles. The number of ether oxygens (including phenoxy) is 4. The SMILES string of the molecule is COc1cc(C)c(-c2c(OC)cc(C)cc2C2=N[C@@H](C(C)C)CO2)c(OC)c1. The molecule has 0 bridgehead atoms. The minimum Gasteiger partial charge on any atom is -0.497 e. The lowest BCUT2D eigenvalue weighted by molar-refractivity contribution is 0.292. The third-order valence-corrected chi connectivity index (χ3v) is 5.12. The quantitative estimate of drug-likeness (QED) is 0.719. The van der Waals surface area contributed by atoms with Gasteiger partial charge in [0.25, 0.3) is 0 Å². The van der Waals surface area contributed by atoms with Crippen LogP contribution >= 0.6 is 0 Å². The minimum absolute atomic E-state index is 0.160. The zero-order valence-corrected chi connectivity index (χ0v) is 17.8. The molecule has 1 aliphatic heterocycles. The van der Waals surface area contributed by atoms with Crippen LogP contribution < -0.4 is 14.2 Å². The van der Waals surface area contributed by atoms with Crippen LogP contribution in [-0.2, 0) is 4.74 Å². The number of aliphatic imine (C=N–C) groups is 1. The van der Waals surface area contributed by atoms with Gasteiger partial charge in [-0.2, -0.15) is 0 Å². The van der Waals surface area contributed by atoms with E-state index in [0.29, 0.717) is 18.4 Å². The fourth-order valence-electron chi connectivity index (χ4n) is 3.54. The molecule has 0 fully saturated rings. The van der Waals surface area contributed by atoms with Crippen LogP contribution in [0.4, 0.5) is 0 Å². The van der Waals surface area contributed by atoms with E-state index < -0.39 is 0 Å². The van der Waals surface area contributed by atoms with E-state index in [1.807, 2.05) is 32.0 Å². The highest BCUT2D eigenvalue weighted by atomic mass is 16.5. The second-order valence-electron chi connectivity index (χ2n) is 7.47. The second-order valence-corrected chi connectivity index (χ2v) is 7.47. The molecule has 0 N–H and O–H groups in total. The van der Waals surface area contributed by atoms with Crippen LogP contribution in [-0.4, -0.2) is 39.9 Å². The Bertz CT molecular complexity index is 902. The Kier molecular flexibility index (Phi) is 5.82. The summed E-state index contributed by atoms with van der Waals surface area (Å²) in [6.45, 7) is 9.01. The van der Waals surface area contributed by atoms with Crippen LogP contribution in [0.1, 0.15) is 30.5 Å². The van der Waals surface area contributed by atoms with E-state index >= 15 is 0 Å². The first-order chi connectivity index (χ1) is 13.4. The van der Waals surface area contributed by atoms with Crippen molar-refractivity contribution >= 4 is 5.90 Å². The van der Waals surface area contributed by atoms with Crippen molar-refractivity contribution in [1.29, 1.82) is 0 Å². The van der Waals surface area contributed by atoms with E-state index in [2.05, 4.69) is 19.9 Å². The van der Waals surface area contributed by atoms with Crippen LogP contribution in [0, 0.1) is 19.8 Å². The molecule has 2 aromatic rings. The Labute approximate surface area is 167 Å². The van der Waals surface area contributed by atoms with E-state index in [-0.39, 0.29) is 6.04 Å². The van der Waals surface area contributed by atoms with Gasteiger partial charge in [-0.25, -0.2) is 4.99 Å². The molecule has 1 aliphatic rings. The summed E-state index contributed by atoms with van der Waals surface area (Å²) in [6, 6.07) is 8.17. The van der Waals surface area contributed by atoms with Crippen LogP contribution in [0.2, 0.25) is 0 Å². The summed E-state index contributed by atoms with van der Waals surface area (Å²) in [4.78, 5) is 4.85. The van der Waals surface area contributed by atoms with Gasteiger partial charge < -0.3 is 18.9 Å². The molecular formula is C23H29NO4. The summed E-state index contributed by atoms with van der Waals surface area (Å²) in [7, 11) is 5.00. The maximum atomic E-state index is 6.02. The highest BCUT2D eigenvalue weighted by Crippen LogP contribution is 2.44. The molecule has 5 nitrogen and oxygen atoms in total. The van der Waals surface area contributed by atoms with E-state index in [4.69, 9.17) is 23.9 Å². The minimum atomic E-state index is 0.160. The molecule has 0 radical (unpaired) electrons. The molecule has 0 saturated heterocycles. The predicted octanol–water partition coefficient (Wildman–Crippen LogP) is 4.80. The maximum Gasteiger partial charge on any atom is 0.217 e. The van der Waals surface area contributed by atoms with Gasteiger partial charge in [0.1, 0.15) is 23.9 Å². The van der Waals surface area contributed by atoms with Crippen molar-refractivity contribution < 1.29 is 18.9 Å². The Morgan fingerprint density at radius 3 is 2.18 bits per heavy atom. The van der Waals surface area contributed by atoms with E-state index in [1.54, 1.807) is 21.3 Å². The number of nitrogens with zero attached hydrogens (tertiary/aromatic N) is 1. The van der Waals surface area contributed by atoms with Crippen LogP contribution in [0.3, 0.4) is 0 Å². The van der Waals surface area contributed by atoms with E-state index in [1.165, 1.54) is 0 Å². The van der Waals surface area contributed by atoms with Gasteiger partial charge in [0.05, 0.1) is 27.4 Å². The Morgan fingerprint density at radius 2 is 1.61 bits per heavy atom. The number of hydrogen-bond acceptors (Lipinski definition) is 5. The Hall–Kier alpha value is -2.69. The molecule has 2 aromatic carbocycles. The molecule has 0 spiro atoms. The zero-order chi connectivity index (χ0) is 20.4. The standard InChI is InChI=1S/C23H29NO4/c1-13(2)18-12-28-23(24-18)17-8-14(3)9-19(26-6)22(17)21-15(4)10-16(25-5)11-20(21)27-7/h8-11,13,18H,12H2,1-7H3/t18-/m1/s1. The largest absolute Gasteiger partial charge is 0.497 e. The fraction of sp³-hybridized carbons (Fsp3) is 0.435. The lowest BCUT2D eigenvalue weighted by Crippen LogP contribution is -2.13. The number of rotatable bonds is 6.